The summed E-state index contributed by atoms with van der Waals surface area (Å²) in [5, 5.41) is 2.94. The number of aromatic nitrogens is 2. The number of anilines is 1. The average molecular weight is 251 g/mol. The maximum absolute atomic E-state index is 13.3. The minimum atomic E-state index is -0.660. The second-order valence-electron chi connectivity index (χ2n) is 3.45. The van der Waals surface area contributed by atoms with Gasteiger partial charge >= 0.3 is 0 Å². The largest absolute Gasteiger partial charge is 0.434 e. The molecule has 0 saturated heterocycles. The van der Waals surface area contributed by atoms with Crippen molar-refractivity contribution in [1.82, 2.24) is 9.97 Å². The topological polar surface area (TPSA) is 47.0 Å². The van der Waals surface area contributed by atoms with E-state index in [1.165, 1.54) is 12.4 Å². The third-order valence-corrected chi connectivity index (χ3v) is 2.08. The summed E-state index contributed by atoms with van der Waals surface area (Å²) in [6.07, 6.45) is 2.84. The van der Waals surface area contributed by atoms with Crippen LogP contribution in [-0.2, 0) is 0 Å². The first kappa shape index (κ1) is 12.2. The third kappa shape index (κ3) is 2.91. The summed E-state index contributed by atoms with van der Waals surface area (Å²) in [6.45, 7) is 2.58. The highest BCUT2D eigenvalue weighted by atomic mass is 19.1. The highest BCUT2D eigenvalue weighted by molar-refractivity contribution is 5.35. The summed E-state index contributed by atoms with van der Waals surface area (Å²) in [6, 6.07) is 2.96. The third-order valence-electron chi connectivity index (χ3n) is 2.08. The molecule has 4 nitrogen and oxygen atoms in total. The van der Waals surface area contributed by atoms with Crippen LogP contribution in [0, 0.1) is 11.6 Å². The van der Waals surface area contributed by atoms with Crippen molar-refractivity contribution in [1.29, 1.82) is 0 Å². The Morgan fingerprint density at radius 3 is 2.89 bits per heavy atom. The van der Waals surface area contributed by atoms with E-state index < -0.39 is 11.6 Å². The predicted molar refractivity (Wildman–Crippen MR) is 62.6 cm³/mol. The van der Waals surface area contributed by atoms with Gasteiger partial charge < -0.3 is 10.1 Å². The fourth-order valence-electron chi connectivity index (χ4n) is 1.33. The molecule has 18 heavy (non-hydrogen) atoms. The van der Waals surface area contributed by atoms with Crippen molar-refractivity contribution in [3.05, 3.63) is 42.2 Å². The van der Waals surface area contributed by atoms with Gasteiger partial charge in [-0.2, -0.15) is 4.98 Å². The molecule has 2 rings (SSSR count). The van der Waals surface area contributed by atoms with E-state index >= 15 is 0 Å². The van der Waals surface area contributed by atoms with E-state index in [2.05, 4.69) is 15.3 Å². The maximum atomic E-state index is 13.3. The molecular formula is C12H11F2N3O. The van der Waals surface area contributed by atoms with Gasteiger partial charge in [0.25, 0.3) is 0 Å². The number of halogens is 2. The van der Waals surface area contributed by atoms with E-state index in [4.69, 9.17) is 4.74 Å². The summed E-state index contributed by atoms with van der Waals surface area (Å²) in [5.41, 5.74) is 0. The molecule has 1 aromatic carbocycles. The minimum Gasteiger partial charge on any atom is -0.434 e. The molecule has 0 fully saturated rings. The zero-order valence-electron chi connectivity index (χ0n) is 9.65. The molecule has 0 saturated carbocycles. The van der Waals surface area contributed by atoms with E-state index in [9.17, 15) is 8.78 Å². The normalized spacial score (nSPS) is 10.2. The fourth-order valence-corrected chi connectivity index (χ4v) is 1.33. The Hall–Kier alpha value is -2.24. The van der Waals surface area contributed by atoms with Crippen LogP contribution in [0.25, 0.3) is 0 Å². The zero-order valence-corrected chi connectivity index (χ0v) is 9.65. The molecule has 0 bridgehead atoms. The van der Waals surface area contributed by atoms with Crippen molar-refractivity contribution < 1.29 is 13.5 Å². The SMILES string of the molecule is CCNc1cncc(Oc2cc(F)ccc2F)n1. The number of hydrogen-bond acceptors (Lipinski definition) is 4. The van der Waals surface area contributed by atoms with Gasteiger partial charge in [0.1, 0.15) is 11.6 Å². The Labute approximate surface area is 103 Å². The van der Waals surface area contributed by atoms with Gasteiger partial charge in [-0.05, 0) is 19.1 Å². The molecule has 0 aliphatic carbocycles. The van der Waals surface area contributed by atoms with Crippen molar-refractivity contribution >= 4 is 5.82 Å². The van der Waals surface area contributed by atoms with E-state index in [1.807, 2.05) is 6.92 Å². The van der Waals surface area contributed by atoms with Crippen molar-refractivity contribution in [2.24, 2.45) is 0 Å². The molecular weight excluding hydrogens is 240 g/mol. The summed E-state index contributed by atoms with van der Waals surface area (Å²) in [4.78, 5) is 7.93. The molecule has 6 heteroatoms. The fraction of sp³-hybridized carbons (Fsp3) is 0.167. The molecule has 0 amide bonds. The molecule has 0 radical (unpaired) electrons. The summed E-state index contributed by atoms with van der Waals surface area (Å²) >= 11 is 0. The number of hydrogen-bond donors (Lipinski definition) is 1. The molecule has 0 atom stereocenters. The van der Waals surface area contributed by atoms with E-state index in [0.717, 1.165) is 18.2 Å². The second kappa shape index (κ2) is 5.39. The standard InChI is InChI=1S/C12H11F2N3O/c1-2-16-11-6-15-7-12(17-11)18-10-5-8(13)3-4-9(10)14/h3-7H,2H2,1H3,(H,16,17). The van der Waals surface area contributed by atoms with Crippen molar-refractivity contribution in [3.8, 4) is 11.6 Å². The Balaban J connectivity index is 2.22. The monoisotopic (exact) mass is 251 g/mol. The van der Waals surface area contributed by atoms with Crippen LogP contribution in [-0.4, -0.2) is 16.5 Å². The highest BCUT2D eigenvalue weighted by Gasteiger charge is 2.08. The molecule has 0 spiro atoms. The minimum absolute atomic E-state index is 0.0953. The summed E-state index contributed by atoms with van der Waals surface area (Å²) in [7, 11) is 0. The molecule has 0 aliphatic rings. The van der Waals surface area contributed by atoms with Gasteiger partial charge in [-0.1, -0.05) is 0 Å². The number of ether oxygens (including phenoxy) is 1. The number of nitrogens with one attached hydrogen (secondary N) is 1. The van der Waals surface area contributed by atoms with Gasteiger partial charge in [-0.25, -0.2) is 8.78 Å². The lowest BCUT2D eigenvalue weighted by Crippen LogP contribution is -2.01. The molecule has 0 unspecified atom stereocenters. The van der Waals surface area contributed by atoms with Gasteiger partial charge in [0.05, 0.1) is 12.4 Å². The van der Waals surface area contributed by atoms with Gasteiger partial charge in [0, 0.05) is 12.6 Å². The second-order valence-corrected chi connectivity index (χ2v) is 3.45. The van der Waals surface area contributed by atoms with E-state index in [-0.39, 0.29) is 11.6 Å². The molecule has 0 aliphatic heterocycles. The first-order chi connectivity index (χ1) is 8.69. The first-order valence-electron chi connectivity index (χ1n) is 5.38. The lowest BCUT2D eigenvalue weighted by Gasteiger charge is -2.07. The Morgan fingerprint density at radius 2 is 2.11 bits per heavy atom. The van der Waals surface area contributed by atoms with Gasteiger partial charge in [0.15, 0.2) is 11.6 Å². The summed E-state index contributed by atoms with van der Waals surface area (Å²) in [5.74, 6) is -0.864. The number of benzene rings is 1. The molecule has 1 heterocycles. The first-order valence-corrected chi connectivity index (χ1v) is 5.38. The zero-order chi connectivity index (χ0) is 13.0. The van der Waals surface area contributed by atoms with Crippen LogP contribution in [0.15, 0.2) is 30.6 Å². The lowest BCUT2D eigenvalue weighted by molar-refractivity contribution is 0.421. The van der Waals surface area contributed by atoms with Crippen LogP contribution in [0.4, 0.5) is 14.6 Å². The van der Waals surface area contributed by atoms with Crippen LogP contribution in [0.5, 0.6) is 11.6 Å². The van der Waals surface area contributed by atoms with Crippen LogP contribution in [0.3, 0.4) is 0 Å². The predicted octanol–water partition coefficient (Wildman–Crippen LogP) is 2.98. The van der Waals surface area contributed by atoms with Crippen LogP contribution in [0.1, 0.15) is 6.92 Å². The molecule has 1 aromatic heterocycles. The van der Waals surface area contributed by atoms with E-state index in [0.29, 0.717) is 12.4 Å². The average Bonchev–Trinajstić information content (AvgIpc) is 2.35. The lowest BCUT2D eigenvalue weighted by atomic mass is 10.3. The Kier molecular flexibility index (Phi) is 3.66. The van der Waals surface area contributed by atoms with Gasteiger partial charge in [-0.15, -0.1) is 0 Å². The molecule has 94 valence electrons. The van der Waals surface area contributed by atoms with Crippen molar-refractivity contribution in [2.75, 3.05) is 11.9 Å². The van der Waals surface area contributed by atoms with Crippen LogP contribution < -0.4 is 10.1 Å². The summed E-state index contributed by atoms with van der Waals surface area (Å²) < 4.78 is 31.5. The number of nitrogens with zero attached hydrogens (tertiary/aromatic N) is 2. The Morgan fingerprint density at radius 1 is 1.28 bits per heavy atom. The smallest absolute Gasteiger partial charge is 0.239 e. The van der Waals surface area contributed by atoms with Gasteiger partial charge in [-0.3, -0.25) is 4.98 Å². The van der Waals surface area contributed by atoms with Crippen molar-refractivity contribution in [2.45, 2.75) is 6.92 Å². The highest BCUT2D eigenvalue weighted by Crippen LogP contribution is 2.23. The molecule has 1 N–H and O–H groups in total. The van der Waals surface area contributed by atoms with E-state index in [1.54, 1.807) is 0 Å². The van der Waals surface area contributed by atoms with Gasteiger partial charge in [0.2, 0.25) is 5.88 Å². The van der Waals surface area contributed by atoms with Crippen molar-refractivity contribution in [3.63, 3.8) is 0 Å². The maximum Gasteiger partial charge on any atom is 0.239 e. The number of rotatable bonds is 4. The molecule has 2 aromatic rings. The Bertz CT molecular complexity index is 549. The van der Waals surface area contributed by atoms with Crippen LogP contribution >= 0.6 is 0 Å². The quantitative estimate of drug-likeness (QED) is 0.907. The van der Waals surface area contributed by atoms with Crippen LogP contribution in [0.2, 0.25) is 0 Å².